The van der Waals surface area contributed by atoms with E-state index in [-0.39, 0.29) is 15.6 Å². The van der Waals surface area contributed by atoms with Gasteiger partial charge in [-0.25, -0.2) is 0 Å². The molecule has 0 saturated heterocycles. The van der Waals surface area contributed by atoms with E-state index in [1.165, 1.54) is 0 Å². The topological polar surface area (TPSA) is 62.5 Å². The standard InChI is InChI=1S/C19H17Cl2NO3/c1-3-15(23)16-10(2)25-18-11(16)6-4-9-14(18)22-19(24)17-12(20)7-5-8-13(17)21/h4-9,15,23H,3H2,1-2H3,(H,22,24). The van der Waals surface area contributed by atoms with Crippen LogP contribution in [0.4, 0.5) is 5.69 Å². The van der Waals surface area contributed by atoms with Crippen LogP contribution in [0.2, 0.25) is 10.0 Å². The number of hydrogen-bond acceptors (Lipinski definition) is 3. The van der Waals surface area contributed by atoms with Crippen LogP contribution in [-0.4, -0.2) is 11.0 Å². The Morgan fingerprint density at radius 2 is 1.84 bits per heavy atom. The third-order valence-electron chi connectivity index (χ3n) is 4.10. The first-order valence-electron chi connectivity index (χ1n) is 7.89. The van der Waals surface area contributed by atoms with E-state index < -0.39 is 12.0 Å². The van der Waals surface area contributed by atoms with Gasteiger partial charge in [-0.3, -0.25) is 4.79 Å². The summed E-state index contributed by atoms with van der Waals surface area (Å²) in [4.78, 5) is 12.6. The van der Waals surface area contributed by atoms with Crippen molar-refractivity contribution in [1.29, 1.82) is 0 Å². The Morgan fingerprint density at radius 1 is 1.20 bits per heavy atom. The van der Waals surface area contributed by atoms with Crippen LogP contribution in [-0.2, 0) is 0 Å². The maximum atomic E-state index is 12.6. The summed E-state index contributed by atoms with van der Waals surface area (Å²) in [5, 5.41) is 14.4. The van der Waals surface area contributed by atoms with Gasteiger partial charge in [0.05, 0.1) is 27.4 Å². The highest BCUT2D eigenvalue weighted by molar-refractivity contribution is 6.40. The van der Waals surface area contributed by atoms with E-state index in [2.05, 4.69) is 5.32 Å². The van der Waals surface area contributed by atoms with Gasteiger partial charge < -0.3 is 14.8 Å². The van der Waals surface area contributed by atoms with E-state index in [0.29, 0.717) is 23.5 Å². The Morgan fingerprint density at radius 3 is 2.48 bits per heavy atom. The number of aryl methyl sites for hydroxylation is 1. The first-order chi connectivity index (χ1) is 11.9. The number of hydrogen-bond donors (Lipinski definition) is 2. The van der Waals surface area contributed by atoms with E-state index in [0.717, 1.165) is 10.9 Å². The number of carbonyl (C=O) groups is 1. The minimum atomic E-state index is -0.620. The molecule has 0 aliphatic rings. The summed E-state index contributed by atoms with van der Waals surface area (Å²) in [5.74, 6) is 0.205. The fraction of sp³-hybridized carbons (Fsp3) is 0.211. The van der Waals surface area contributed by atoms with Crippen LogP contribution >= 0.6 is 23.2 Å². The molecule has 0 spiro atoms. The van der Waals surface area contributed by atoms with E-state index in [4.69, 9.17) is 27.6 Å². The highest BCUT2D eigenvalue weighted by atomic mass is 35.5. The first-order valence-corrected chi connectivity index (χ1v) is 8.65. The number of rotatable bonds is 4. The lowest BCUT2D eigenvalue weighted by Crippen LogP contribution is -2.13. The number of benzene rings is 2. The zero-order valence-electron chi connectivity index (χ0n) is 13.8. The molecule has 0 saturated carbocycles. The Kier molecular flexibility index (Phi) is 5.04. The van der Waals surface area contributed by atoms with Crippen molar-refractivity contribution >= 4 is 45.8 Å². The molecular weight excluding hydrogens is 361 g/mol. The molecule has 0 aliphatic heterocycles. The molecule has 6 heteroatoms. The summed E-state index contributed by atoms with van der Waals surface area (Å²) in [5.41, 5.74) is 1.96. The second-order valence-electron chi connectivity index (χ2n) is 5.73. The van der Waals surface area contributed by atoms with Gasteiger partial charge in [0.15, 0.2) is 5.58 Å². The SMILES string of the molecule is CCC(O)c1c(C)oc2c(NC(=O)c3c(Cl)cccc3Cl)cccc12. The van der Waals surface area contributed by atoms with Crippen LogP contribution in [0.15, 0.2) is 40.8 Å². The van der Waals surface area contributed by atoms with Gasteiger partial charge in [0.25, 0.3) is 5.91 Å². The van der Waals surface area contributed by atoms with Gasteiger partial charge in [-0.15, -0.1) is 0 Å². The van der Waals surface area contributed by atoms with Crippen LogP contribution in [0.1, 0.15) is 41.1 Å². The lowest BCUT2D eigenvalue weighted by molar-refractivity contribution is 0.102. The van der Waals surface area contributed by atoms with Gasteiger partial charge in [-0.1, -0.05) is 48.3 Å². The molecule has 2 N–H and O–H groups in total. The number of aliphatic hydroxyl groups is 1. The molecule has 0 aliphatic carbocycles. The largest absolute Gasteiger partial charge is 0.459 e. The second kappa shape index (κ2) is 7.08. The molecule has 0 fully saturated rings. The Hall–Kier alpha value is -2.01. The monoisotopic (exact) mass is 377 g/mol. The Labute approximate surface area is 155 Å². The van der Waals surface area contributed by atoms with Crippen molar-refractivity contribution in [2.24, 2.45) is 0 Å². The summed E-state index contributed by atoms with van der Waals surface area (Å²) < 4.78 is 5.81. The van der Waals surface area contributed by atoms with Crippen LogP contribution in [0.25, 0.3) is 11.0 Å². The summed E-state index contributed by atoms with van der Waals surface area (Å²) in [7, 11) is 0. The number of para-hydroxylation sites is 1. The van der Waals surface area contributed by atoms with Crippen LogP contribution in [0, 0.1) is 6.92 Å². The maximum Gasteiger partial charge on any atom is 0.258 e. The maximum absolute atomic E-state index is 12.6. The highest BCUT2D eigenvalue weighted by Gasteiger charge is 2.21. The van der Waals surface area contributed by atoms with Gasteiger partial charge >= 0.3 is 0 Å². The molecule has 1 unspecified atom stereocenters. The van der Waals surface area contributed by atoms with Gasteiger partial charge in [0.1, 0.15) is 5.76 Å². The van der Waals surface area contributed by atoms with Crippen LogP contribution < -0.4 is 5.32 Å². The Balaban J connectivity index is 2.04. The summed E-state index contributed by atoms with van der Waals surface area (Å²) in [6.45, 7) is 3.69. The van der Waals surface area contributed by atoms with Gasteiger partial charge in [-0.05, 0) is 31.5 Å². The molecule has 1 amide bonds. The fourth-order valence-corrected chi connectivity index (χ4v) is 3.44. The predicted octanol–water partition coefficient (Wildman–Crippen LogP) is 5.74. The number of furan rings is 1. The normalized spacial score (nSPS) is 12.4. The lowest BCUT2D eigenvalue weighted by atomic mass is 10.0. The molecule has 1 atom stereocenters. The van der Waals surface area contributed by atoms with E-state index >= 15 is 0 Å². The third-order valence-corrected chi connectivity index (χ3v) is 4.73. The second-order valence-corrected chi connectivity index (χ2v) is 6.54. The van der Waals surface area contributed by atoms with Crippen molar-refractivity contribution in [1.82, 2.24) is 0 Å². The van der Waals surface area contributed by atoms with Gasteiger partial charge in [-0.2, -0.15) is 0 Å². The molecule has 4 nitrogen and oxygen atoms in total. The molecule has 3 rings (SSSR count). The van der Waals surface area contributed by atoms with Crippen molar-refractivity contribution in [3.63, 3.8) is 0 Å². The predicted molar refractivity (Wildman–Crippen MR) is 101 cm³/mol. The minimum Gasteiger partial charge on any atom is -0.459 e. The number of fused-ring (bicyclic) bond motifs is 1. The zero-order chi connectivity index (χ0) is 18.1. The molecule has 0 bridgehead atoms. The van der Waals surface area contributed by atoms with Crippen molar-refractivity contribution < 1.29 is 14.3 Å². The van der Waals surface area contributed by atoms with E-state index in [1.807, 2.05) is 13.0 Å². The van der Waals surface area contributed by atoms with Crippen molar-refractivity contribution in [3.05, 3.63) is 63.3 Å². The molecule has 25 heavy (non-hydrogen) atoms. The third kappa shape index (κ3) is 3.25. The number of halogens is 2. The highest BCUT2D eigenvalue weighted by Crippen LogP contribution is 2.36. The van der Waals surface area contributed by atoms with Crippen LogP contribution in [0.5, 0.6) is 0 Å². The smallest absolute Gasteiger partial charge is 0.258 e. The van der Waals surface area contributed by atoms with E-state index in [1.54, 1.807) is 37.3 Å². The Bertz CT molecular complexity index is 929. The number of carbonyl (C=O) groups excluding carboxylic acids is 1. The molecule has 0 radical (unpaired) electrons. The molecule has 1 aromatic heterocycles. The van der Waals surface area contributed by atoms with E-state index in [9.17, 15) is 9.90 Å². The average Bonchev–Trinajstić information content (AvgIpc) is 2.91. The minimum absolute atomic E-state index is 0.208. The molecule has 130 valence electrons. The summed E-state index contributed by atoms with van der Waals surface area (Å²) in [6.07, 6.45) is -0.0494. The molecule has 1 heterocycles. The quantitative estimate of drug-likeness (QED) is 0.608. The lowest BCUT2D eigenvalue weighted by Gasteiger charge is -2.09. The average molecular weight is 378 g/mol. The number of aliphatic hydroxyl groups excluding tert-OH is 1. The molecule has 3 aromatic rings. The number of amides is 1. The number of nitrogens with one attached hydrogen (secondary N) is 1. The van der Waals surface area contributed by atoms with Crippen molar-refractivity contribution in [2.75, 3.05) is 5.32 Å². The number of anilines is 1. The molecular formula is C19H17Cl2NO3. The summed E-state index contributed by atoms with van der Waals surface area (Å²) >= 11 is 12.2. The molecule has 2 aromatic carbocycles. The van der Waals surface area contributed by atoms with Gasteiger partial charge in [0, 0.05) is 10.9 Å². The summed E-state index contributed by atoms with van der Waals surface area (Å²) in [6, 6.07) is 10.3. The fourth-order valence-electron chi connectivity index (χ4n) is 2.87. The zero-order valence-corrected chi connectivity index (χ0v) is 15.3. The van der Waals surface area contributed by atoms with Crippen molar-refractivity contribution in [2.45, 2.75) is 26.4 Å². The first kappa shape index (κ1) is 17.8. The van der Waals surface area contributed by atoms with Crippen molar-refractivity contribution in [3.8, 4) is 0 Å². The van der Waals surface area contributed by atoms with Gasteiger partial charge in [0.2, 0.25) is 0 Å². The van der Waals surface area contributed by atoms with Crippen LogP contribution in [0.3, 0.4) is 0 Å².